The summed E-state index contributed by atoms with van der Waals surface area (Å²) >= 11 is 0. The molecule has 5 heteroatoms. The minimum Gasteiger partial charge on any atom is -0.496 e. The molecule has 0 amide bonds. The predicted molar refractivity (Wildman–Crippen MR) is 85.9 cm³/mol. The highest BCUT2D eigenvalue weighted by molar-refractivity contribution is 5.92. The molecule has 0 saturated heterocycles. The first kappa shape index (κ1) is 16.8. The molecule has 0 aliphatic carbocycles. The van der Waals surface area contributed by atoms with E-state index < -0.39 is 5.97 Å². The molecule has 0 radical (unpaired) electrons. The van der Waals surface area contributed by atoms with Gasteiger partial charge in [-0.25, -0.2) is 4.79 Å². The second-order valence-electron chi connectivity index (χ2n) is 4.74. The molecule has 2 aromatic rings. The summed E-state index contributed by atoms with van der Waals surface area (Å²) in [5, 5.41) is 0. The average molecular weight is 316 g/mol. The second-order valence-corrected chi connectivity index (χ2v) is 4.74. The zero-order chi connectivity index (χ0) is 16.5. The zero-order valence-electron chi connectivity index (χ0n) is 13.3. The number of methoxy groups -OCH3 is 2. The lowest BCUT2D eigenvalue weighted by Gasteiger charge is -2.11. The molecular weight excluding hydrogens is 296 g/mol. The Morgan fingerprint density at radius 2 is 1.78 bits per heavy atom. The van der Waals surface area contributed by atoms with Crippen molar-refractivity contribution in [3.05, 3.63) is 59.7 Å². The Labute approximate surface area is 135 Å². The van der Waals surface area contributed by atoms with Gasteiger partial charge in [-0.2, -0.15) is 0 Å². The highest BCUT2D eigenvalue weighted by Gasteiger charge is 2.13. The van der Waals surface area contributed by atoms with Crippen LogP contribution in [-0.2, 0) is 16.1 Å². The minimum atomic E-state index is -0.465. The summed E-state index contributed by atoms with van der Waals surface area (Å²) in [6.45, 7) is 1.38. The normalized spacial score (nSPS) is 10.2. The van der Waals surface area contributed by atoms with E-state index in [1.165, 1.54) is 14.2 Å². The van der Waals surface area contributed by atoms with E-state index in [0.717, 1.165) is 5.56 Å². The molecule has 0 heterocycles. The average Bonchev–Trinajstić information content (AvgIpc) is 2.61. The van der Waals surface area contributed by atoms with Crippen molar-refractivity contribution in [2.24, 2.45) is 0 Å². The van der Waals surface area contributed by atoms with E-state index in [-0.39, 0.29) is 0 Å². The predicted octanol–water partition coefficient (Wildman–Crippen LogP) is 3.08. The third-order valence-electron chi connectivity index (χ3n) is 3.18. The number of ether oxygens (including phenoxy) is 4. The van der Waals surface area contributed by atoms with E-state index in [1.807, 2.05) is 30.3 Å². The van der Waals surface area contributed by atoms with E-state index in [0.29, 0.717) is 36.9 Å². The van der Waals surface area contributed by atoms with Crippen LogP contribution >= 0.6 is 0 Å². The van der Waals surface area contributed by atoms with Crippen LogP contribution in [0.2, 0.25) is 0 Å². The Kier molecular flexibility index (Phi) is 6.44. The Hall–Kier alpha value is -2.53. The van der Waals surface area contributed by atoms with Crippen LogP contribution in [0.25, 0.3) is 0 Å². The SMILES string of the molecule is COC(=O)c1cc(OCCOCc2ccccc2)ccc1OC. The Balaban J connectivity index is 1.82. The maximum atomic E-state index is 11.7. The maximum Gasteiger partial charge on any atom is 0.341 e. The fraction of sp³-hybridized carbons (Fsp3) is 0.278. The first-order valence-electron chi connectivity index (χ1n) is 7.25. The molecule has 0 aromatic heterocycles. The van der Waals surface area contributed by atoms with Crippen LogP contribution in [0.5, 0.6) is 11.5 Å². The molecule has 2 aromatic carbocycles. The largest absolute Gasteiger partial charge is 0.496 e. The molecule has 0 spiro atoms. The summed E-state index contributed by atoms with van der Waals surface area (Å²) in [6, 6.07) is 14.9. The molecule has 0 atom stereocenters. The first-order valence-corrected chi connectivity index (χ1v) is 7.25. The van der Waals surface area contributed by atoms with Gasteiger partial charge in [-0.1, -0.05) is 30.3 Å². The molecule has 0 fully saturated rings. The first-order chi connectivity index (χ1) is 11.2. The van der Waals surface area contributed by atoms with Crippen LogP contribution in [0.4, 0.5) is 0 Å². The molecule has 0 N–H and O–H groups in total. The standard InChI is InChI=1S/C18H20O5/c1-20-17-9-8-15(12-16(17)18(19)21-2)23-11-10-22-13-14-6-4-3-5-7-14/h3-9,12H,10-11,13H2,1-2H3. The fourth-order valence-corrected chi connectivity index (χ4v) is 2.03. The van der Waals surface area contributed by atoms with E-state index >= 15 is 0 Å². The monoisotopic (exact) mass is 316 g/mol. The molecule has 0 unspecified atom stereocenters. The lowest BCUT2D eigenvalue weighted by Crippen LogP contribution is -2.08. The molecule has 2 rings (SSSR count). The highest BCUT2D eigenvalue weighted by Crippen LogP contribution is 2.24. The van der Waals surface area contributed by atoms with Gasteiger partial charge in [-0.15, -0.1) is 0 Å². The molecular formula is C18H20O5. The lowest BCUT2D eigenvalue weighted by atomic mass is 10.2. The highest BCUT2D eigenvalue weighted by atomic mass is 16.5. The number of carbonyl (C=O) groups is 1. The summed E-state index contributed by atoms with van der Waals surface area (Å²) < 4.78 is 21.0. The molecule has 0 aliphatic heterocycles. The van der Waals surface area contributed by atoms with Gasteiger partial charge < -0.3 is 18.9 Å². The van der Waals surface area contributed by atoms with Crippen LogP contribution in [0, 0.1) is 0 Å². The summed E-state index contributed by atoms with van der Waals surface area (Å²) in [5.41, 5.74) is 1.45. The van der Waals surface area contributed by atoms with Gasteiger partial charge in [0.1, 0.15) is 23.7 Å². The number of hydrogen-bond donors (Lipinski definition) is 0. The summed E-state index contributed by atoms with van der Waals surface area (Å²) in [7, 11) is 2.83. The number of carbonyl (C=O) groups excluding carboxylic acids is 1. The fourth-order valence-electron chi connectivity index (χ4n) is 2.03. The summed E-state index contributed by atoms with van der Waals surface area (Å²) in [4.78, 5) is 11.7. The van der Waals surface area contributed by atoms with Gasteiger partial charge in [0, 0.05) is 0 Å². The second kappa shape index (κ2) is 8.80. The van der Waals surface area contributed by atoms with Crippen molar-refractivity contribution < 1.29 is 23.7 Å². The molecule has 5 nitrogen and oxygen atoms in total. The van der Waals surface area contributed by atoms with Crippen LogP contribution in [0.15, 0.2) is 48.5 Å². The number of benzene rings is 2. The number of rotatable bonds is 8. The topological polar surface area (TPSA) is 54.0 Å². The van der Waals surface area contributed by atoms with Crippen LogP contribution in [0.3, 0.4) is 0 Å². The minimum absolute atomic E-state index is 0.331. The van der Waals surface area contributed by atoms with Gasteiger partial charge in [0.05, 0.1) is 27.4 Å². The third-order valence-corrected chi connectivity index (χ3v) is 3.18. The lowest BCUT2D eigenvalue weighted by molar-refractivity contribution is 0.0596. The Bertz CT molecular complexity index is 625. The van der Waals surface area contributed by atoms with E-state index in [9.17, 15) is 4.79 Å². The third kappa shape index (κ3) is 5.00. The van der Waals surface area contributed by atoms with Gasteiger partial charge in [0.15, 0.2) is 0 Å². The zero-order valence-corrected chi connectivity index (χ0v) is 13.3. The van der Waals surface area contributed by atoms with Gasteiger partial charge in [0.2, 0.25) is 0 Å². The molecule has 0 saturated carbocycles. The molecule has 23 heavy (non-hydrogen) atoms. The van der Waals surface area contributed by atoms with E-state index in [4.69, 9.17) is 18.9 Å². The van der Waals surface area contributed by atoms with Gasteiger partial charge in [-0.05, 0) is 23.8 Å². The summed E-state index contributed by atoms with van der Waals surface area (Å²) in [5.74, 6) is 0.548. The Morgan fingerprint density at radius 1 is 1.00 bits per heavy atom. The molecule has 0 bridgehead atoms. The van der Waals surface area contributed by atoms with Crippen LogP contribution in [-0.4, -0.2) is 33.4 Å². The maximum absolute atomic E-state index is 11.7. The summed E-state index contributed by atoms with van der Waals surface area (Å²) in [6.07, 6.45) is 0. The van der Waals surface area contributed by atoms with E-state index in [2.05, 4.69) is 0 Å². The molecule has 122 valence electrons. The van der Waals surface area contributed by atoms with Crippen molar-refractivity contribution in [3.8, 4) is 11.5 Å². The van der Waals surface area contributed by atoms with Gasteiger partial charge in [-0.3, -0.25) is 0 Å². The van der Waals surface area contributed by atoms with E-state index in [1.54, 1.807) is 18.2 Å². The van der Waals surface area contributed by atoms with Crippen molar-refractivity contribution in [1.29, 1.82) is 0 Å². The Morgan fingerprint density at radius 3 is 2.48 bits per heavy atom. The number of hydrogen-bond acceptors (Lipinski definition) is 5. The van der Waals surface area contributed by atoms with Crippen molar-refractivity contribution >= 4 is 5.97 Å². The van der Waals surface area contributed by atoms with Gasteiger partial charge in [0.25, 0.3) is 0 Å². The smallest absolute Gasteiger partial charge is 0.341 e. The van der Waals surface area contributed by atoms with Crippen LogP contribution < -0.4 is 9.47 Å². The van der Waals surface area contributed by atoms with Crippen LogP contribution in [0.1, 0.15) is 15.9 Å². The van der Waals surface area contributed by atoms with Crippen molar-refractivity contribution in [2.75, 3.05) is 27.4 Å². The number of esters is 1. The van der Waals surface area contributed by atoms with Crippen molar-refractivity contribution in [1.82, 2.24) is 0 Å². The van der Waals surface area contributed by atoms with Crippen molar-refractivity contribution in [3.63, 3.8) is 0 Å². The van der Waals surface area contributed by atoms with Crippen molar-refractivity contribution in [2.45, 2.75) is 6.61 Å². The molecule has 0 aliphatic rings. The quantitative estimate of drug-likeness (QED) is 0.553. The van der Waals surface area contributed by atoms with Gasteiger partial charge >= 0.3 is 5.97 Å².